The molecular formula is C18H13N3O2. The van der Waals surface area contributed by atoms with Gasteiger partial charge in [-0.25, -0.2) is 4.98 Å². The first kappa shape index (κ1) is 13.6. The third kappa shape index (κ3) is 2.09. The maximum absolute atomic E-state index is 12.7. The number of nitroso groups, excluding NO2 is 1. The van der Waals surface area contributed by atoms with Crippen LogP contribution in [-0.4, -0.2) is 15.3 Å². The summed E-state index contributed by atoms with van der Waals surface area (Å²) in [5.41, 5.74) is 3.78. The molecule has 1 aliphatic heterocycles. The molecule has 2 aromatic carbocycles. The molecule has 112 valence electrons. The molecule has 4 rings (SSSR count). The van der Waals surface area contributed by atoms with Crippen LogP contribution >= 0.6 is 0 Å². The number of ketones is 1. The minimum atomic E-state index is -0.101. The lowest BCUT2D eigenvalue weighted by Crippen LogP contribution is -2.11. The molecule has 1 aromatic heterocycles. The summed E-state index contributed by atoms with van der Waals surface area (Å²) in [6.45, 7) is 0. The van der Waals surface area contributed by atoms with Crippen LogP contribution in [0, 0.1) is 4.91 Å². The number of aromatic nitrogens is 2. The van der Waals surface area contributed by atoms with Gasteiger partial charge in [0.25, 0.3) is 0 Å². The standard InChI is InChI=1S/C18H13N3O2/c22-18(14-7-3-4-8-15(14)20-23)9-16-12-5-1-2-6-13(12)17-10-19-11-21(16)17/h1-8,10-11,16H,9H2. The van der Waals surface area contributed by atoms with Crippen LogP contribution in [0.5, 0.6) is 0 Å². The van der Waals surface area contributed by atoms with E-state index in [0.717, 1.165) is 16.8 Å². The van der Waals surface area contributed by atoms with Crippen LogP contribution in [0.25, 0.3) is 11.3 Å². The molecule has 0 saturated carbocycles. The van der Waals surface area contributed by atoms with E-state index in [2.05, 4.69) is 10.2 Å². The number of hydrogen-bond acceptors (Lipinski definition) is 4. The third-order valence-corrected chi connectivity index (χ3v) is 4.28. The molecular weight excluding hydrogens is 290 g/mol. The number of fused-ring (bicyclic) bond motifs is 3. The molecule has 0 N–H and O–H groups in total. The highest BCUT2D eigenvalue weighted by atomic mass is 16.3. The van der Waals surface area contributed by atoms with Gasteiger partial charge in [-0.15, -0.1) is 4.91 Å². The van der Waals surface area contributed by atoms with Crippen LogP contribution in [0.1, 0.15) is 28.4 Å². The van der Waals surface area contributed by atoms with Crippen molar-refractivity contribution in [3.05, 3.63) is 77.1 Å². The Balaban J connectivity index is 1.72. The highest BCUT2D eigenvalue weighted by Crippen LogP contribution is 2.41. The number of benzene rings is 2. The summed E-state index contributed by atoms with van der Waals surface area (Å²) in [4.78, 5) is 27.8. The number of hydrogen-bond donors (Lipinski definition) is 0. The Morgan fingerprint density at radius 1 is 1.13 bits per heavy atom. The Labute approximate surface area is 132 Å². The lowest BCUT2D eigenvalue weighted by molar-refractivity contribution is 0.0971. The van der Waals surface area contributed by atoms with Gasteiger partial charge in [-0.3, -0.25) is 4.79 Å². The number of carbonyl (C=O) groups is 1. The number of imidazole rings is 1. The maximum Gasteiger partial charge on any atom is 0.167 e. The number of Topliss-reactive ketones (excluding diaryl/α,β-unsaturated/α-hetero) is 1. The molecule has 5 nitrogen and oxygen atoms in total. The molecule has 3 aromatic rings. The molecule has 1 atom stereocenters. The Morgan fingerprint density at radius 2 is 1.91 bits per heavy atom. The van der Waals surface area contributed by atoms with Crippen LogP contribution in [0.4, 0.5) is 5.69 Å². The zero-order valence-electron chi connectivity index (χ0n) is 12.2. The van der Waals surface area contributed by atoms with E-state index in [0.29, 0.717) is 5.56 Å². The second kappa shape index (κ2) is 5.28. The maximum atomic E-state index is 12.7. The number of nitrogens with zero attached hydrogens (tertiary/aromatic N) is 3. The molecule has 23 heavy (non-hydrogen) atoms. The summed E-state index contributed by atoms with van der Waals surface area (Å²) in [6.07, 6.45) is 3.83. The number of rotatable bonds is 4. The molecule has 0 saturated heterocycles. The van der Waals surface area contributed by atoms with Gasteiger partial charge in [0.05, 0.1) is 24.3 Å². The zero-order chi connectivity index (χ0) is 15.8. The smallest absolute Gasteiger partial charge is 0.167 e. The average Bonchev–Trinajstić information content (AvgIpc) is 3.18. The van der Waals surface area contributed by atoms with Crippen molar-refractivity contribution in [2.45, 2.75) is 12.5 Å². The molecule has 0 bridgehead atoms. The minimum Gasteiger partial charge on any atom is -0.322 e. The van der Waals surface area contributed by atoms with Gasteiger partial charge in [-0.2, -0.15) is 0 Å². The van der Waals surface area contributed by atoms with Crippen molar-refractivity contribution in [1.29, 1.82) is 0 Å². The van der Waals surface area contributed by atoms with E-state index in [4.69, 9.17) is 0 Å². The molecule has 1 unspecified atom stereocenters. The molecule has 0 radical (unpaired) electrons. The molecule has 2 heterocycles. The third-order valence-electron chi connectivity index (χ3n) is 4.28. The van der Waals surface area contributed by atoms with Gasteiger partial charge in [0.2, 0.25) is 0 Å². The van der Waals surface area contributed by atoms with Gasteiger partial charge in [0.1, 0.15) is 5.69 Å². The second-order valence-corrected chi connectivity index (χ2v) is 5.52. The van der Waals surface area contributed by atoms with E-state index >= 15 is 0 Å². The van der Waals surface area contributed by atoms with Crippen LogP contribution in [-0.2, 0) is 0 Å². The van der Waals surface area contributed by atoms with Gasteiger partial charge in [-0.1, -0.05) is 36.4 Å². The van der Waals surface area contributed by atoms with Gasteiger partial charge in [0.15, 0.2) is 5.78 Å². The van der Waals surface area contributed by atoms with Crippen molar-refractivity contribution in [2.24, 2.45) is 5.18 Å². The summed E-state index contributed by atoms with van der Waals surface area (Å²) in [5.74, 6) is -0.0958. The predicted molar refractivity (Wildman–Crippen MR) is 86.6 cm³/mol. The summed E-state index contributed by atoms with van der Waals surface area (Å²) >= 11 is 0. The average molecular weight is 303 g/mol. The topological polar surface area (TPSA) is 64.3 Å². The second-order valence-electron chi connectivity index (χ2n) is 5.52. The highest BCUT2D eigenvalue weighted by molar-refractivity contribution is 6.01. The summed E-state index contributed by atoms with van der Waals surface area (Å²) < 4.78 is 2.01. The monoisotopic (exact) mass is 303 g/mol. The predicted octanol–water partition coefficient (Wildman–Crippen LogP) is 4.12. The first-order valence-electron chi connectivity index (χ1n) is 7.36. The Kier molecular flexibility index (Phi) is 3.12. The molecule has 0 fully saturated rings. The Hall–Kier alpha value is -3.08. The van der Waals surface area contributed by atoms with E-state index < -0.39 is 0 Å². The molecule has 1 aliphatic rings. The van der Waals surface area contributed by atoms with Gasteiger partial charge < -0.3 is 4.57 Å². The molecule has 5 heteroatoms. The molecule has 0 spiro atoms. The fourth-order valence-electron chi connectivity index (χ4n) is 3.22. The van der Waals surface area contributed by atoms with Crippen molar-refractivity contribution in [1.82, 2.24) is 9.55 Å². The van der Waals surface area contributed by atoms with Crippen molar-refractivity contribution < 1.29 is 4.79 Å². The van der Waals surface area contributed by atoms with Crippen LogP contribution < -0.4 is 0 Å². The normalized spacial score (nSPS) is 15.0. The van der Waals surface area contributed by atoms with Gasteiger partial charge >= 0.3 is 0 Å². The number of carbonyl (C=O) groups excluding carboxylic acids is 1. The first-order chi connectivity index (χ1) is 11.3. The zero-order valence-corrected chi connectivity index (χ0v) is 12.2. The van der Waals surface area contributed by atoms with E-state index in [-0.39, 0.29) is 23.9 Å². The fourth-order valence-corrected chi connectivity index (χ4v) is 3.22. The molecule has 0 amide bonds. The lowest BCUT2D eigenvalue weighted by atomic mass is 9.96. The van der Waals surface area contributed by atoms with Crippen LogP contribution in [0.2, 0.25) is 0 Å². The SMILES string of the molecule is O=Nc1ccccc1C(=O)CC1c2ccccc2-c2cncn21. The van der Waals surface area contributed by atoms with E-state index in [1.807, 2.05) is 35.0 Å². The van der Waals surface area contributed by atoms with Gasteiger partial charge in [0, 0.05) is 17.5 Å². The Bertz CT molecular complexity index is 914. The van der Waals surface area contributed by atoms with Crippen LogP contribution in [0.15, 0.2) is 66.2 Å². The van der Waals surface area contributed by atoms with E-state index in [1.165, 1.54) is 0 Å². The lowest BCUT2D eigenvalue weighted by Gasteiger charge is -2.14. The van der Waals surface area contributed by atoms with E-state index in [9.17, 15) is 9.70 Å². The fraction of sp³-hybridized carbons (Fsp3) is 0.111. The van der Waals surface area contributed by atoms with E-state index in [1.54, 1.807) is 30.6 Å². The largest absolute Gasteiger partial charge is 0.322 e. The molecule has 0 aliphatic carbocycles. The highest BCUT2D eigenvalue weighted by Gasteiger charge is 2.30. The summed E-state index contributed by atoms with van der Waals surface area (Å²) in [6, 6.07) is 14.6. The van der Waals surface area contributed by atoms with Crippen molar-refractivity contribution in [3.63, 3.8) is 0 Å². The first-order valence-corrected chi connectivity index (χ1v) is 7.36. The van der Waals surface area contributed by atoms with Crippen molar-refractivity contribution in [3.8, 4) is 11.3 Å². The summed E-state index contributed by atoms with van der Waals surface area (Å²) in [5, 5.41) is 2.95. The quantitative estimate of drug-likeness (QED) is 0.538. The summed E-state index contributed by atoms with van der Waals surface area (Å²) in [7, 11) is 0. The van der Waals surface area contributed by atoms with Crippen molar-refractivity contribution >= 4 is 11.5 Å². The minimum absolute atomic E-state index is 0.0958. The van der Waals surface area contributed by atoms with Gasteiger partial charge in [-0.05, 0) is 22.9 Å². The van der Waals surface area contributed by atoms with Crippen LogP contribution in [0.3, 0.4) is 0 Å². The van der Waals surface area contributed by atoms with Crippen molar-refractivity contribution in [2.75, 3.05) is 0 Å². The Morgan fingerprint density at radius 3 is 2.78 bits per heavy atom.